The van der Waals surface area contributed by atoms with Gasteiger partial charge in [-0.2, -0.15) is 0 Å². The van der Waals surface area contributed by atoms with Crippen molar-refractivity contribution >= 4 is 40.2 Å². The van der Waals surface area contributed by atoms with E-state index >= 15 is 0 Å². The Labute approximate surface area is 157 Å². The fourth-order valence-electron chi connectivity index (χ4n) is 3.97. The third-order valence-corrected chi connectivity index (χ3v) is 16.9. The summed E-state index contributed by atoms with van der Waals surface area (Å²) in [7, 11) is 1.34. The number of hydrogen-bond donors (Lipinski definition) is 0. The Morgan fingerprint density at radius 1 is 0.577 bits per heavy atom. The summed E-state index contributed by atoms with van der Waals surface area (Å²) in [5.74, 6) is 2.29. The third kappa shape index (κ3) is 2.30. The fourth-order valence-corrected chi connectivity index (χ4v) is 16.8. The van der Waals surface area contributed by atoms with Crippen molar-refractivity contribution in [2.75, 3.05) is 0 Å². The van der Waals surface area contributed by atoms with Gasteiger partial charge in [0.2, 0.25) is 0 Å². The standard InChI is InChI=1S/C24H18AsP/c1-3-12-21(13-4-1)25(22-14-5-2-6-15-22)23-16-8-7-10-19(23)18-20-11-9-17-26-24(20)25/h1-18H. The zero-order chi connectivity index (χ0) is 17.4. The van der Waals surface area contributed by atoms with Crippen LogP contribution >= 0.6 is 8.19 Å². The Bertz CT molecular complexity index is 1180. The molecule has 0 saturated carbocycles. The van der Waals surface area contributed by atoms with Gasteiger partial charge in [-0.15, -0.1) is 0 Å². The Hall–Kier alpha value is -2.26. The van der Waals surface area contributed by atoms with E-state index in [1.165, 1.54) is 31.6 Å². The van der Waals surface area contributed by atoms with Gasteiger partial charge in [0.05, 0.1) is 0 Å². The molecule has 1 aromatic heterocycles. The van der Waals surface area contributed by atoms with E-state index in [9.17, 15) is 0 Å². The summed E-state index contributed by atoms with van der Waals surface area (Å²) in [6.07, 6.45) is 2.38. The van der Waals surface area contributed by atoms with Gasteiger partial charge >= 0.3 is 158 Å². The summed E-state index contributed by atoms with van der Waals surface area (Å²) in [5.41, 5.74) is 1.41. The quantitative estimate of drug-likeness (QED) is 0.390. The minimum atomic E-state index is -2.74. The average Bonchev–Trinajstić information content (AvgIpc) is 2.73. The molecule has 0 N–H and O–H groups in total. The molecule has 2 heteroatoms. The molecular formula is C24H18AsP. The summed E-state index contributed by atoms with van der Waals surface area (Å²) in [5, 5.41) is 1.38. The zero-order valence-corrected chi connectivity index (χ0v) is 17.1. The average molecular weight is 412 g/mol. The van der Waals surface area contributed by atoms with Crippen molar-refractivity contribution in [1.82, 2.24) is 0 Å². The molecule has 0 atom stereocenters. The van der Waals surface area contributed by atoms with Crippen LogP contribution in [0, 0.1) is 3.95 Å². The van der Waals surface area contributed by atoms with Crippen LogP contribution in [0.1, 0.15) is 5.56 Å². The molecule has 1 aliphatic rings. The minimum absolute atomic E-state index is 1.34. The van der Waals surface area contributed by atoms with Crippen molar-refractivity contribution < 1.29 is 0 Å². The fraction of sp³-hybridized carbons (Fsp3) is 0. The molecule has 0 nitrogen and oxygen atoms in total. The van der Waals surface area contributed by atoms with Crippen LogP contribution in [0.15, 0.2) is 103 Å². The van der Waals surface area contributed by atoms with Gasteiger partial charge in [0.15, 0.2) is 0 Å². The molecule has 26 heavy (non-hydrogen) atoms. The molecule has 0 aliphatic carbocycles. The molecule has 2 heterocycles. The molecule has 3 aromatic carbocycles. The first-order valence-corrected chi connectivity index (χ1v) is 13.5. The summed E-state index contributed by atoms with van der Waals surface area (Å²) in [6, 6.07) is 36.0. The molecule has 1 aliphatic heterocycles. The van der Waals surface area contributed by atoms with E-state index in [1.54, 1.807) is 4.08 Å². The van der Waals surface area contributed by atoms with Crippen LogP contribution in [0.5, 0.6) is 0 Å². The Morgan fingerprint density at radius 2 is 1.19 bits per heavy atom. The first kappa shape index (κ1) is 16.0. The topological polar surface area (TPSA) is 0 Å². The first-order chi connectivity index (χ1) is 12.9. The van der Waals surface area contributed by atoms with E-state index in [0.717, 1.165) is 0 Å². The molecular weight excluding hydrogens is 394 g/mol. The molecule has 124 valence electrons. The normalized spacial score (nSPS) is 14.3. The molecule has 4 aromatic rings. The van der Waals surface area contributed by atoms with Crippen molar-refractivity contribution in [3.8, 4) is 0 Å². The first-order valence-electron chi connectivity index (χ1n) is 8.81. The Kier molecular flexibility index (Phi) is 3.97. The van der Waals surface area contributed by atoms with E-state index in [0.29, 0.717) is 0 Å². The SMILES string of the molecule is C1=c2ccccc2=[As](c2ccccc2)(c2ccccc2)c2pcccc21. The van der Waals surface area contributed by atoms with Gasteiger partial charge in [-0.1, -0.05) is 0 Å². The molecule has 0 fully saturated rings. The van der Waals surface area contributed by atoms with Crippen molar-refractivity contribution in [2.24, 2.45) is 0 Å². The zero-order valence-electron chi connectivity index (χ0n) is 14.3. The summed E-state index contributed by atoms with van der Waals surface area (Å²) >= 11 is -2.74. The molecule has 5 rings (SSSR count). The third-order valence-electron chi connectivity index (χ3n) is 5.03. The predicted molar refractivity (Wildman–Crippen MR) is 115 cm³/mol. The maximum absolute atomic E-state index is 2.74. The van der Waals surface area contributed by atoms with Gasteiger partial charge in [0.1, 0.15) is 0 Å². The molecule has 0 saturated heterocycles. The predicted octanol–water partition coefficient (Wildman–Crippen LogP) is 3.41. The number of hydrogen-bond acceptors (Lipinski definition) is 0. The molecule has 0 radical (unpaired) electrons. The molecule has 0 bridgehead atoms. The van der Waals surface area contributed by atoms with E-state index in [-0.39, 0.29) is 0 Å². The molecule has 0 unspecified atom stereocenters. The van der Waals surface area contributed by atoms with Crippen LogP contribution < -0.4 is 18.0 Å². The summed E-state index contributed by atoms with van der Waals surface area (Å²) in [6.45, 7) is 0. The Balaban J connectivity index is 2.13. The summed E-state index contributed by atoms with van der Waals surface area (Å²) in [4.78, 5) is 0. The van der Waals surface area contributed by atoms with E-state index < -0.39 is 13.1 Å². The number of benzene rings is 3. The van der Waals surface area contributed by atoms with Crippen LogP contribution in [0.25, 0.3) is 6.08 Å². The second kappa shape index (κ2) is 6.47. The second-order valence-corrected chi connectivity index (χ2v) is 15.2. The number of rotatable bonds is 2. The monoisotopic (exact) mass is 412 g/mol. The van der Waals surface area contributed by atoms with Crippen molar-refractivity contribution in [2.45, 2.75) is 0 Å². The van der Waals surface area contributed by atoms with Crippen LogP contribution in [0.2, 0.25) is 0 Å². The Morgan fingerprint density at radius 3 is 1.88 bits per heavy atom. The molecule has 0 spiro atoms. The van der Waals surface area contributed by atoms with Gasteiger partial charge in [-0.05, 0) is 0 Å². The van der Waals surface area contributed by atoms with Gasteiger partial charge in [-0.3, -0.25) is 0 Å². The van der Waals surface area contributed by atoms with Crippen LogP contribution in [0.3, 0.4) is 0 Å². The van der Waals surface area contributed by atoms with Crippen LogP contribution in [0.4, 0.5) is 0 Å². The van der Waals surface area contributed by atoms with E-state index in [4.69, 9.17) is 0 Å². The maximum atomic E-state index is 2.38. The van der Waals surface area contributed by atoms with E-state index in [2.05, 4.69) is 109 Å². The van der Waals surface area contributed by atoms with Gasteiger partial charge in [-0.25, -0.2) is 0 Å². The number of fused-ring (bicyclic) bond motifs is 2. The van der Waals surface area contributed by atoms with Gasteiger partial charge in [0.25, 0.3) is 0 Å². The van der Waals surface area contributed by atoms with Crippen molar-refractivity contribution in [3.05, 3.63) is 118 Å². The van der Waals surface area contributed by atoms with Gasteiger partial charge < -0.3 is 0 Å². The van der Waals surface area contributed by atoms with Crippen molar-refractivity contribution in [1.29, 1.82) is 0 Å². The second-order valence-electron chi connectivity index (χ2n) is 6.46. The van der Waals surface area contributed by atoms with Crippen LogP contribution in [-0.2, 0) is 0 Å². The summed E-state index contributed by atoms with van der Waals surface area (Å²) < 4.78 is 6.15. The van der Waals surface area contributed by atoms with E-state index in [1.807, 2.05) is 0 Å². The van der Waals surface area contributed by atoms with Crippen molar-refractivity contribution in [3.63, 3.8) is 0 Å². The molecule has 0 amide bonds. The van der Waals surface area contributed by atoms with Gasteiger partial charge in [0, 0.05) is 0 Å². The van der Waals surface area contributed by atoms with Crippen LogP contribution in [-0.4, -0.2) is 13.1 Å².